The highest BCUT2D eigenvalue weighted by Crippen LogP contribution is 2.21. The highest BCUT2D eigenvalue weighted by atomic mass is 32.1. The van der Waals surface area contributed by atoms with E-state index < -0.39 is 0 Å². The van der Waals surface area contributed by atoms with Gasteiger partial charge < -0.3 is 0 Å². The lowest BCUT2D eigenvalue weighted by atomic mass is 10.0. The summed E-state index contributed by atoms with van der Waals surface area (Å²) in [6.07, 6.45) is 1.17. The highest BCUT2D eigenvalue weighted by molar-refractivity contribution is 7.13. The second-order valence-corrected chi connectivity index (χ2v) is 5.11. The number of aryl methyl sites for hydroxylation is 1. The Morgan fingerprint density at radius 1 is 1.29 bits per heavy atom. The molecule has 0 aliphatic carbocycles. The lowest BCUT2D eigenvalue weighted by Gasteiger charge is -2.00. The van der Waals surface area contributed by atoms with Crippen molar-refractivity contribution in [1.29, 1.82) is 0 Å². The van der Waals surface area contributed by atoms with Gasteiger partial charge in [-0.15, -0.1) is 11.3 Å². The molecule has 0 N–H and O–H groups in total. The van der Waals surface area contributed by atoms with Crippen molar-refractivity contribution in [2.45, 2.75) is 13.3 Å². The van der Waals surface area contributed by atoms with Crippen LogP contribution >= 0.6 is 11.3 Å². The largest absolute Gasteiger partial charge is 0.297 e. The molecule has 2 nitrogen and oxygen atoms in total. The van der Waals surface area contributed by atoms with Gasteiger partial charge in [-0.2, -0.15) is 0 Å². The molecule has 2 aromatic rings. The summed E-state index contributed by atoms with van der Waals surface area (Å²) >= 11 is 1.36. The van der Waals surface area contributed by atoms with Crippen LogP contribution in [0.4, 0.5) is 0 Å². The SMILES string of the molecule is Cc1sc(C=O)cc1C(=O)Cc1ccccc1. The normalized spacial score (nSPS) is 10.2. The average molecular weight is 244 g/mol. The number of carbonyl (C=O) groups excluding carboxylic acids is 2. The van der Waals surface area contributed by atoms with Crippen LogP contribution in [0.25, 0.3) is 0 Å². The Morgan fingerprint density at radius 3 is 2.59 bits per heavy atom. The van der Waals surface area contributed by atoms with Crippen molar-refractivity contribution in [3.8, 4) is 0 Å². The van der Waals surface area contributed by atoms with Crippen LogP contribution < -0.4 is 0 Å². The third-order valence-corrected chi connectivity index (χ3v) is 3.54. The number of carbonyl (C=O) groups is 2. The monoisotopic (exact) mass is 244 g/mol. The number of aldehydes is 1. The third-order valence-electron chi connectivity index (χ3n) is 2.56. The second kappa shape index (κ2) is 5.06. The Bertz CT molecular complexity index is 541. The van der Waals surface area contributed by atoms with Crippen LogP contribution in [0.1, 0.15) is 30.5 Å². The third kappa shape index (κ3) is 2.68. The summed E-state index contributed by atoms with van der Waals surface area (Å²) in [6.45, 7) is 1.87. The molecular formula is C14H12O2S. The van der Waals surface area contributed by atoms with Crippen LogP contribution in [-0.2, 0) is 6.42 Å². The van der Waals surface area contributed by atoms with Gasteiger partial charge in [0, 0.05) is 16.9 Å². The van der Waals surface area contributed by atoms with Crippen molar-refractivity contribution < 1.29 is 9.59 Å². The van der Waals surface area contributed by atoms with Crippen LogP contribution in [-0.4, -0.2) is 12.1 Å². The highest BCUT2D eigenvalue weighted by Gasteiger charge is 2.13. The number of thiophene rings is 1. The van der Waals surface area contributed by atoms with Crippen molar-refractivity contribution in [1.82, 2.24) is 0 Å². The average Bonchev–Trinajstić information content (AvgIpc) is 2.72. The molecule has 17 heavy (non-hydrogen) atoms. The van der Waals surface area contributed by atoms with Gasteiger partial charge in [-0.1, -0.05) is 30.3 Å². The number of hydrogen-bond donors (Lipinski definition) is 0. The van der Waals surface area contributed by atoms with Crippen molar-refractivity contribution in [3.63, 3.8) is 0 Å². The molecule has 3 heteroatoms. The molecule has 2 rings (SSSR count). The number of rotatable bonds is 4. The van der Waals surface area contributed by atoms with E-state index in [4.69, 9.17) is 0 Å². The van der Waals surface area contributed by atoms with Crippen LogP contribution in [0, 0.1) is 6.92 Å². The molecular weight excluding hydrogens is 232 g/mol. The van der Waals surface area contributed by atoms with Crippen LogP contribution in [0.5, 0.6) is 0 Å². The first-order valence-electron chi connectivity index (χ1n) is 5.33. The summed E-state index contributed by atoms with van der Waals surface area (Å²) in [5.74, 6) is 0.0676. The van der Waals surface area contributed by atoms with Crippen LogP contribution in [0.2, 0.25) is 0 Å². The summed E-state index contributed by atoms with van der Waals surface area (Å²) in [6, 6.07) is 11.3. The van der Waals surface area contributed by atoms with Crippen molar-refractivity contribution >= 4 is 23.4 Å². The summed E-state index contributed by atoms with van der Waals surface area (Å²) in [5, 5.41) is 0. The maximum atomic E-state index is 12.1. The maximum Gasteiger partial charge on any atom is 0.168 e. The number of benzene rings is 1. The molecule has 1 heterocycles. The minimum Gasteiger partial charge on any atom is -0.297 e. The molecule has 0 radical (unpaired) electrons. The zero-order valence-corrected chi connectivity index (χ0v) is 10.3. The lowest BCUT2D eigenvalue weighted by molar-refractivity contribution is 0.0993. The van der Waals surface area contributed by atoms with Crippen LogP contribution in [0.15, 0.2) is 36.4 Å². The first-order chi connectivity index (χ1) is 8.20. The lowest BCUT2D eigenvalue weighted by Crippen LogP contribution is -2.03. The maximum absolute atomic E-state index is 12.1. The van der Waals surface area contributed by atoms with E-state index in [1.165, 1.54) is 11.3 Å². The standard InChI is InChI=1S/C14H12O2S/c1-10-13(8-12(9-15)17-10)14(16)7-11-5-3-2-4-6-11/h2-6,8-9H,7H2,1H3. The van der Waals surface area contributed by atoms with Gasteiger partial charge in [0.2, 0.25) is 0 Å². The number of hydrogen-bond acceptors (Lipinski definition) is 3. The molecule has 0 atom stereocenters. The molecule has 0 fully saturated rings. The van der Waals surface area contributed by atoms with Gasteiger partial charge in [-0.3, -0.25) is 9.59 Å². The van der Waals surface area contributed by atoms with E-state index in [2.05, 4.69) is 0 Å². The molecule has 86 valence electrons. The van der Waals surface area contributed by atoms with Gasteiger partial charge in [-0.25, -0.2) is 0 Å². The molecule has 0 unspecified atom stereocenters. The molecule has 0 amide bonds. The van der Waals surface area contributed by atoms with E-state index in [0.29, 0.717) is 16.9 Å². The molecule has 0 bridgehead atoms. The summed E-state index contributed by atoms with van der Waals surface area (Å²) in [5.41, 5.74) is 1.66. The van der Waals surface area contributed by atoms with Crippen molar-refractivity contribution in [3.05, 3.63) is 57.3 Å². The van der Waals surface area contributed by atoms with Gasteiger partial charge in [0.25, 0.3) is 0 Å². The van der Waals surface area contributed by atoms with Gasteiger partial charge in [0.1, 0.15) is 0 Å². The Labute approximate surface area is 104 Å². The molecule has 1 aromatic heterocycles. The number of Topliss-reactive ketones (excluding diaryl/α,β-unsaturated/α-hetero) is 1. The van der Waals surface area contributed by atoms with Crippen molar-refractivity contribution in [2.75, 3.05) is 0 Å². The summed E-state index contributed by atoms with van der Waals surface area (Å²) in [4.78, 5) is 24.2. The fourth-order valence-electron chi connectivity index (χ4n) is 1.72. The predicted molar refractivity (Wildman–Crippen MR) is 68.9 cm³/mol. The quantitative estimate of drug-likeness (QED) is 0.611. The molecule has 0 aliphatic rings. The first kappa shape index (κ1) is 11.7. The Balaban J connectivity index is 2.20. The molecule has 0 saturated heterocycles. The van der Waals surface area contributed by atoms with E-state index in [1.54, 1.807) is 6.07 Å². The summed E-state index contributed by atoms with van der Waals surface area (Å²) < 4.78 is 0. The Hall–Kier alpha value is -1.74. The fraction of sp³-hybridized carbons (Fsp3) is 0.143. The smallest absolute Gasteiger partial charge is 0.168 e. The van der Waals surface area contributed by atoms with Gasteiger partial charge in [0.05, 0.1) is 4.88 Å². The Kier molecular flexibility index (Phi) is 3.49. The van der Waals surface area contributed by atoms with Crippen LogP contribution in [0.3, 0.4) is 0 Å². The van der Waals surface area contributed by atoms with E-state index in [0.717, 1.165) is 16.7 Å². The minimum atomic E-state index is 0.0676. The van der Waals surface area contributed by atoms with Gasteiger partial charge in [-0.05, 0) is 18.6 Å². The van der Waals surface area contributed by atoms with E-state index in [1.807, 2.05) is 37.3 Å². The van der Waals surface area contributed by atoms with Gasteiger partial charge in [0.15, 0.2) is 12.1 Å². The van der Waals surface area contributed by atoms with Crippen molar-refractivity contribution in [2.24, 2.45) is 0 Å². The predicted octanol–water partition coefficient (Wildman–Crippen LogP) is 3.29. The fourth-order valence-corrected chi connectivity index (χ4v) is 2.58. The van der Waals surface area contributed by atoms with Gasteiger partial charge >= 0.3 is 0 Å². The Morgan fingerprint density at radius 2 is 2.00 bits per heavy atom. The molecule has 0 aliphatic heterocycles. The first-order valence-corrected chi connectivity index (χ1v) is 6.15. The number of ketones is 1. The minimum absolute atomic E-state index is 0.0676. The second-order valence-electron chi connectivity index (χ2n) is 3.82. The topological polar surface area (TPSA) is 34.1 Å². The molecule has 0 saturated carbocycles. The zero-order chi connectivity index (χ0) is 12.3. The summed E-state index contributed by atoms with van der Waals surface area (Å²) in [7, 11) is 0. The van der Waals surface area contributed by atoms with E-state index >= 15 is 0 Å². The molecule has 1 aromatic carbocycles. The van der Waals surface area contributed by atoms with E-state index in [9.17, 15) is 9.59 Å². The van der Waals surface area contributed by atoms with E-state index in [-0.39, 0.29) is 5.78 Å². The molecule has 0 spiro atoms. The zero-order valence-electron chi connectivity index (χ0n) is 9.47.